The maximum atomic E-state index is 13.2. The summed E-state index contributed by atoms with van der Waals surface area (Å²) >= 11 is 0. The van der Waals surface area contributed by atoms with Crippen LogP contribution in [0.4, 0.5) is 50.9 Å². The van der Waals surface area contributed by atoms with Gasteiger partial charge in [0.25, 0.3) is 20.0 Å². The Kier molecular flexibility index (Phi) is 9.13. The molecule has 0 saturated heterocycles. The number of ether oxygens (including phenoxy) is 2. The Bertz CT molecular complexity index is 1930. The third-order valence-corrected chi connectivity index (χ3v) is 8.51. The van der Waals surface area contributed by atoms with Gasteiger partial charge in [-0.25, -0.2) is 16.8 Å². The second kappa shape index (κ2) is 12.3. The highest BCUT2D eigenvalue weighted by atomic mass is 32.2. The van der Waals surface area contributed by atoms with E-state index in [1.54, 1.807) is 0 Å². The van der Waals surface area contributed by atoms with Crippen molar-refractivity contribution < 1.29 is 65.8 Å². The minimum Gasteiger partial charge on any atom is -0.406 e. The lowest BCUT2D eigenvalue weighted by Crippen LogP contribution is -2.19. The van der Waals surface area contributed by atoms with Gasteiger partial charge in [-0.1, -0.05) is 24.3 Å². The molecule has 4 aromatic carbocycles. The highest BCUT2D eigenvalue weighted by molar-refractivity contribution is 7.93. The zero-order valence-electron chi connectivity index (χ0n) is 22.3. The molecule has 4 rings (SSSR count). The molecule has 0 spiro atoms. The molecule has 0 amide bonds. The first kappa shape index (κ1) is 34.2. The fourth-order valence-electron chi connectivity index (χ4n) is 3.81. The van der Waals surface area contributed by atoms with Gasteiger partial charge in [0.2, 0.25) is 0 Å². The van der Waals surface area contributed by atoms with Gasteiger partial charge in [0.15, 0.2) is 0 Å². The van der Waals surface area contributed by atoms with Crippen molar-refractivity contribution in [2.45, 2.75) is 28.7 Å². The molecule has 0 unspecified atom stereocenters. The lowest BCUT2D eigenvalue weighted by atomic mass is 10.0. The molecule has 8 nitrogen and oxygen atoms in total. The van der Waals surface area contributed by atoms with Gasteiger partial charge < -0.3 is 9.47 Å². The number of rotatable bonds is 9. The van der Waals surface area contributed by atoms with E-state index >= 15 is 0 Å². The van der Waals surface area contributed by atoms with Gasteiger partial charge in [0, 0.05) is 0 Å². The molecule has 0 aliphatic rings. The molecule has 0 fully saturated rings. The van der Waals surface area contributed by atoms with Crippen LogP contribution < -0.4 is 18.9 Å². The Morgan fingerprint density at radius 1 is 0.500 bits per heavy atom. The summed E-state index contributed by atoms with van der Waals surface area (Å²) in [7, 11) is -9.48. The Labute approximate surface area is 254 Å². The first-order valence-corrected chi connectivity index (χ1v) is 15.2. The van der Waals surface area contributed by atoms with Crippen LogP contribution in [0.2, 0.25) is 0 Å². The van der Waals surface area contributed by atoms with Gasteiger partial charge in [0.1, 0.15) is 11.5 Å². The molecular formula is C27H17F9N2O6S2. The summed E-state index contributed by atoms with van der Waals surface area (Å²) in [6, 6.07) is 13.1. The molecule has 0 saturated carbocycles. The van der Waals surface area contributed by atoms with E-state index < -0.39 is 77.2 Å². The first-order valence-electron chi connectivity index (χ1n) is 12.2. The second-order valence-electron chi connectivity index (χ2n) is 9.09. The van der Waals surface area contributed by atoms with E-state index in [1.165, 1.54) is 6.07 Å². The third kappa shape index (κ3) is 8.96. The molecule has 0 aromatic heterocycles. The zero-order valence-corrected chi connectivity index (χ0v) is 24.0. The number of sulfonamides is 2. The maximum Gasteiger partial charge on any atom is 0.573 e. The molecule has 2 N–H and O–H groups in total. The van der Waals surface area contributed by atoms with Crippen LogP contribution in [0.5, 0.6) is 11.5 Å². The Balaban J connectivity index is 1.74. The molecule has 0 heterocycles. The molecule has 0 radical (unpaired) electrons. The summed E-state index contributed by atoms with van der Waals surface area (Å²) in [4.78, 5) is -1.44. The van der Waals surface area contributed by atoms with Crippen molar-refractivity contribution in [2.24, 2.45) is 0 Å². The highest BCUT2D eigenvalue weighted by Crippen LogP contribution is 2.35. The topological polar surface area (TPSA) is 111 Å². The first-order chi connectivity index (χ1) is 21.1. The molecule has 0 aliphatic heterocycles. The standard InChI is InChI=1S/C27H17F9N2O6S2/c28-25(29,30)18-2-1-3-22(15-18)46(41,42)38-24-14-17(16-4-7-19(8-5-16)43-26(31,32)33)6-13-23(24)37-45(39,40)21-11-9-20(10-12-21)44-27(34,35)36/h1-15,37-38H. The lowest BCUT2D eigenvalue weighted by Gasteiger charge is -2.17. The Morgan fingerprint density at radius 3 is 1.50 bits per heavy atom. The number of halogens is 9. The lowest BCUT2D eigenvalue weighted by molar-refractivity contribution is -0.275. The number of hydrogen-bond donors (Lipinski definition) is 2. The van der Waals surface area contributed by atoms with Crippen molar-refractivity contribution in [3.8, 4) is 22.6 Å². The summed E-state index contributed by atoms with van der Waals surface area (Å²) in [5.41, 5.74) is -2.03. The molecule has 0 atom stereocenters. The average Bonchev–Trinajstić information content (AvgIpc) is 2.92. The van der Waals surface area contributed by atoms with Crippen molar-refractivity contribution in [1.29, 1.82) is 0 Å². The SMILES string of the molecule is O=S(=O)(Nc1ccc(-c2ccc(OC(F)(F)F)cc2)cc1NS(=O)(=O)c1cccc(C(F)(F)F)c1)c1ccc(OC(F)(F)F)cc1. The number of nitrogens with one attached hydrogen (secondary N) is 2. The minimum atomic E-state index is -5.06. The quantitative estimate of drug-likeness (QED) is 0.173. The Morgan fingerprint density at radius 2 is 0.978 bits per heavy atom. The van der Waals surface area contributed by atoms with E-state index in [4.69, 9.17) is 0 Å². The average molecular weight is 701 g/mol. The van der Waals surface area contributed by atoms with Crippen molar-refractivity contribution in [3.05, 3.63) is 96.6 Å². The fourth-order valence-corrected chi connectivity index (χ4v) is 6.01. The molecule has 46 heavy (non-hydrogen) atoms. The predicted octanol–water partition coefficient (Wildman–Crippen LogP) is 7.77. The molecule has 0 aliphatic carbocycles. The summed E-state index contributed by atoms with van der Waals surface area (Å²) in [5.74, 6) is -1.32. The van der Waals surface area contributed by atoms with Crippen LogP contribution in [0.25, 0.3) is 11.1 Å². The van der Waals surface area contributed by atoms with Crippen LogP contribution in [-0.4, -0.2) is 29.6 Å². The summed E-state index contributed by atoms with van der Waals surface area (Å²) in [5, 5.41) is 0. The van der Waals surface area contributed by atoms with Crippen molar-refractivity contribution in [1.82, 2.24) is 0 Å². The van der Waals surface area contributed by atoms with Crippen LogP contribution in [-0.2, 0) is 26.2 Å². The van der Waals surface area contributed by atoms with E-state index in [9.17, 15) is 56.3 Å². The van der Waals surface area contributed by atoms with E-state index in [-0.39, 0.29) is 11.1 Å². The maximum absolute atomic E-state index is 13.2. The molecule has 4 aromatic rings. The number of hydrogen-bond acceptors (Lipinski definition) is 6. The van der Waals surface area contributed by atoms with Crippen molar-refractivity contribution in [2.75, 3.05) is 9.44 Å². The largest absolute Gasteiger partial charge is 0.573 e. The highest BCUT2D eigenvalue weighted by Gasteiger charge is 2.33. The van der Waals surface area contributed by atoms with Crippen molar-refractivity contribution in [3.63, 3.8) is 0 Å². The van der Waals surface area contributed by atoms with Crippen LogP contribution in [0, 0.1) is 0 Å². The third-order valence-electron chi connectivity index (χ3n) is 5.77. The van der Waals surface area contributed by atoms with Gasteiger partial charge in [-0.15, -0.1) is 26.3 Å². The molecule has 19 heteroatoms. The fraction of sp³-hybridized carbons (Fsp3) is 0.111. The van der Waals surface area contributed by atoms with E-state index in [0.29, 0.717) is 24.3 Å². The Hall–Kier alpha value is -4.65. The van der Waals surface area contributed by atoms with E-state index in [0.717, 1.165) is 60.7 Å². The van der Waals surface area contributed by atoms with Gasteiger partial charge >= 0.3 is 18.9 Å². The minimum absolute atomic E-state index is 0.108. The monoisotopic (exact) mass is 700 g/mol. The molecule has 246 valence electrons. The zero-order chi connectivity index (χ0) is 34.1. The van der Waals surface area contributed by atoms with Crippen LogP contribution in [0.15, 0.2) is 101 Å². The van der Waals surface area contributed by atoms with Gasteiger partial charge in [-0.2, -0.15) is 13.2 Å². The number of alkyl halides is 9. The second-order valence-corrected chi connectivity index (χ2v) is 12.5. The van der Waals surface area contributed by atoms with E-state index in [1.807, 2.05) is 4.72 Å². The summed E-state index contributed by atoms with van der Waals surface area (Å²) in [6.07, 6.45) is -15.0. The van der Waals surface area contributed by atoms with Crippen LogP contribution in [0.3, 0.4) is 0 Å². The van der Waals surface area contributed by atoms with Crippen LogP contribution in [0.1, 0.15) is 5.56 Å². The predicted molar refractivity (Wildman–Crippen MR) is 145 cm³/mol. The molecule has 0 bridgehead atoms. The smallest absolute Gasteiger partial charge is 0.406 e. The van der Waals surface area contributed by atoms with E-state index in [2.05, 4.69) is 14.2 Å². The summed E-state index contributed by atoms with van der Waals surface area (Å²) < 4.78 is 179. The van der Waals surface area contributed by atoms with Gasteiger partial charge in [0.05, 0.1) is 26.7 Å². The van der Waals surface area contributed by atoms with Crippen molar-refractivity contribution >= 4 is 31.4 Å². The normalized spacial score (nSPS) is 12.8. The van der Waals surface area contributed by atoms with Crippen LogP contribution >= 0.6 is 0 Å². The van der Waals surface area contributed by atoms with Gasteiger partial charge in [-0.3, -0.25) is 9.44 Å². The number of anilines is 2. The number of benzene rings is 4. The summed E-state index contributed by atoms with van der Waals surface area (Å²) in [6.45, 7) is 0. The molecular weight excluding hydrogens is 683 g/mol. The van der Waals surface area contributed by atoms with Gasteiger partial charge in [-0.05, 0) is 77.9 Å².